The number of aliphatic hydroxyl groups is 1. The molecule has 4 heterocycles. The Balaban J connectivity index is 1.71. The fourth-order valence-corrected chi connectivity index (χ4v) is 5.28. The number of pyridine rings is 1. The first-order chi connectivity index (χ1) is 15.9. The third-order valence-electron chi connectivity index (χ3n) is 5.92. The number of hydrogen-bond donors (Lipinski definition) is 1. The van der Waals surface area contributed by atoms with Crippen molar-refractivity contribution in [1.29, 1.82) is 0 Å². The maximum atomic E-state index is 13.5. The zero-order chi connectivity index (χ0) is 23.5. The first-order valence-electron chi connectivity index (χ1n) is 11.2. The number of rotatable bonds is 7. The van der Waals surface area contributed by atoms with Gasteiger partial charge in [-0.25, -0.2) is 4.98 Å². The lowest BCUT2D eigenvalue weighted by atomic mass is 10.1. The van der Waals surface area contributed by atoms with Gasteiger partial charge in [0.05, 0.1) is 17.1 Å². The van der Waals surface area contributed by atoms with Crippen molar-refractivity contribution in [3.8, 4) is 0 Å². The van der Waals surface area contributed by atoms with E-state index in [1.807, 2.05) is 12.1 Å². The summed E-state index contributed by atoms with van der Waals surface area (Å²) in [5.74, 6) is 0.897. The summed E-state index contributed by atoms with van der Waals surface area (Å²) in [7, 11) is 0. The minimum Gasteiger partial charge on any atom is -0.395 e. The summed E-state index contributed by atoms with van der Waals surface area (Å²) in [6.07, 6.45) is 4.22. The van der Waals surface area contributed by atoms with Crippen molar-refractivity contribution in [2.45, 2.75) is 20.3 Å². The maximum absolute atomic E-state index is 13.5. The molecule has 0 aromatic carbocycles. The molecule has 0 aliphatic carbocycles. The Bertz CT molecular complexity index is 1140. The minimum absolute atomic E-state index is 0.124. The van der Waals surface area contributed by atoms with E-state index in [0.717, 1.165) is 19.5 Å². The van der Waals surface area contributed by atoms with Gasteiger partial charge in [-0.05, 0) is 30.5 Å². The van der Waals surface area contributed by atoms with E-state index in [1.165, 1.54) is 16.2 Å². The lowest BCUT2D eigenvalue weighted by Crippen LogP contribution is -2.48. The van der Waals surface area contributed by atoms with Crippen molar-refractivity contribution >= 4 is 51.7 Å². The number of carbonyl (C=O) groups excluding carboxylic acids is 1. The second kappa shape index (κ2) is 10.3. The normalized spacial score (nSPS) is 19.0. The van der Waals surface area contributed by atoms with Crippen molar-refractivity contribution in [3.05, 3.63) is 45.2 Å². The van der Waals surface area contributed by atoms with E-state index in [9.17, 15) is 14.7 Å². The third kappa shape index (κ3) is 5.13. The van der Waals surface area contributed by atoms with Gasteiger partial charge in [0, 0.05) is 45.5 Å². The maximum Gasteiger partial charge on any atom is 0.267 e. The van der Waals surface area contributed by atoms with Crippen LogP contribution in [0, 0.1) is 5.92 Å². The molecule has 176 valence electrons. The van der Waals surface area contributed by atoms with Crippen LogP contribution in [0.5, 0.6) is 0 Å². The zero-order valence-corrected chi connectivity index (χ0v) is 20.6. The summed E-state index contributed by atoms with van der Waals surface area (Å²) in [4.78, 5) is 37.7. The van der Waals surface area contributed by atoms with Crippen LogP contribution in [-0.4, -0.2) is 80.4 Å². The summed E-state index contributed by atoms with van der Waals surface area (Å²) in [6, 6.07) is 5.45. The lowest BCUT2D eigenvalue weighted by Gasteiger charge is -2.35. The first-order valence-corrected chi connectivity index (χ1v) is 12.5. The smallest absolute Gasteiger partial charge is 0.267 e. The number of amides is 1. The average Bonchev–Trinajstić information content (AvgIpc) is 3.07. The van der Waals surface area contributed by atoms with Crippen molar-refractivity contribution in [3.63, 3.8) is 0 Å². The van der Waals surface area contributed by atoms with Crippen molar-refractivity contribution < 1.29 is 9.90 Å². The van der Waals surface area contributed by atoms with E-state index in [2.05, 4.69) is 23.6 Å². The molecular formula is C23H29N5O3S2. The highest BCUT2D eigenvalue weighted by Gasteiger charge is 2.33. The largest absolute Gasteiger partial charge is 0.395 e. The van der Waals surface area contributed by atoms with Gasteiger partial charge in [0.25, 0.3) is 11.5 Å². The first kappa shape index (κ1) is 23.9. The van der Waals surface area contributed by atoms with E-state index in [0.29, 0.717) is 58.4 Å². The third-order valence-corrected chi connectivity index (χ3v) is 7.29. The van der Waals surface area contributed by atoms with Crippen LogP contribution in [0.2, 0.25) is 0 Å². The number of thiocarbonyl (C=S) groups is 1. The molecule has 0 saturated carbocycles. The number of hydrogen-bond acceptors (Lipinski definition) is 8. The van der Waals surface area contributed by atoms with Crippen LogP contribution in [0.4, 0.5) is 5.82 Å². The monoisotopic (exact) mass is 487 g/mol. The highest BCUT2D eigenvalue weighted by molar-refractivity contribution is 8.26. The van der Waals surface area contributed by atoms with Gasteiger partial charge in [0.15, 0.2) is 0 Å². The molecule has 0 unspecified atom stereocenters. The van der Waals surface area contributed by atoms with Gasteiger partial charge in [0.2, 0.25) is 0 Å². The van der Waals surface area contributed by atoms with Crippen molar-refractivity contribution in [2.24, 2.45) is 5.92 Å². The number of thioether (sulfide) groups is 1. The quantitative estimate of drug-likeness (QED) is 0.470. The molecule has 0 radical (unpaired) electrons. The molecule has 4 rings (SSSR count). The van der Waals surface area contributed by atoms with Crippen LogP contribution in [0.25, 0.3) is 11.7 Å². The summed E-state index contributed by atoms with van der Waals surface area (Å²) >= 11 is 6.70. The number of aliphatic hydroxyl groups excluding tert-OH is 1. The SMILES string of the molecule is CC(C)CCN1C(=O)/C(=C\c2c(N3CCN(CCO)CC3)nc3ccccn3c2=O)SC1=S. The molecular weight excluding hydrogens is 458 g/mol. The number of β-amino-alcohol motifs (C(OH)–C–C–N with tert-alkyl or cyclic N) is 1. The van der Waals surface area contributed by atoms with Gasteiger partial charge >= 0.3 is 0 Å². The Labute approximate surface area is 202 Å². The highest BCUT2D eigenvalue weighted by Crippen LogP contribution is 2.34. The highest BCUT2D eigenvalue weighted by atomic mass is 32.2. The number of nitrogens with zero attached hydrogens (tertiary/aromatic N) is 5. The molecule has 2 saturated heterocycles. The molecule has 2 fully saturated rings. The van der Waals surface area contributed by atoms with E-state index < -0.39 is 0 Å². The van der Waals surface area contributed by atoms with Crippen LogP contribution in [0.1, 0.15) is 25.8 Å². The van der Waals surface area contributed by atoms with Gasteiger partial charge in [0.1, 0.15) is 15.8 Å². The molecule has 8 nitrogen and oxygen atoms in total. The van der Waals surface area contributed by atoms with Crippen molar-refractivity contribution in [2.75, 3.05) is 50.8 Å². The number of piperazine rings is 1. The van der Waals surface area contributed by atoms with Gasteiger partial charge in [-0.2, -0.15) is 0 Å². The number of anilines is 1. The number of aromatic nitrogens is 2. The topological polar surface area (TPSA) is 81.4 Å². The van der Waals surface area contributed by atoms with E-state index in [1.54, 1.807) is 23.2 Å². The molecule has 33 heavy (non-hydrogen) atoms. The Morgan fingerprint density at radius 2 is 1.94 bits per heavy atom. The molecule has 1 amide bonds. The molecule has 2 aromatic rings. The van der Waals surface area contributed by atoms with Gasteiger partial charge in [-0.1, -0.05) is 43.9 Å². The number of carbonyl (C=O) groups is 1. The van der Waals surface area contributed by atoms with Gasteiger partial charge < -0.3 is 10.0 Å². The zero-order valence-electron chi connectivity index (χ0n) is 18.9. The number of fused-ring (bicyclic) bond motifs is 1. The van der Waals surface area contributed by atoms with Crippen LogP contribution in [0.15, 0.2) is 34.1 Å². The van der Waals surface area contributed by atoms with Crippen LogP contribution < -0.4 is 10.5 Å². The Morgan fingerprint density at radius 1 is 1.18 bits per heavy atom. The summed E-state index contributed by atoms with van der Waals surface area (Å²) in [5.41, 5.74) is 0.761. The lowest BCUT2D eigenvalue weighted by molar-refractivity contribution is -0.122. The van der Waals surface area contributed by atoms with Gasteiger partial charge in [-0.15, -0.1) is 0 Å². The second-order valence-corrected chi connectivity index (χ2v) is 10.3. The predicted octanol–water partition coefficient (Wildman–Crippen LogP) is 2.06. The Morgan fingerprint density at radius 3 is 2.64 bits per heavy atom. The minimum atomic E-state index is -0.208. The summed E-state index contributed by atoms with van der Waals surface area (Å²) < 4.78 is 2.04. The van der Waals surface area contributed by atoms with E-state index >= 15 is 0 Å². The molecule has 0 atom stereocenters. The molecule has 0 bridgehead atoms. The fourth-order valence-electron chi connectivity index (χ4n) is 3.99. The Hall–Kier alpha value is -2.27. The predicted molar refractivity (Wildman–Crippen MR) is 137 cm³/mol. The van der Waals surface area contributed by atoms with E-state index in [4.69, 9.17) is 17.2 Å². The average molecular weight is 488 g/mol. The molecule has 0 spiro atoms. The Kier molecular flexibility index (Phi) is 7.48. The van der Waals surface area contributed by atoms with Crippen LogP contribution >= 0.6 is 24.0 Å². The van der Waals surface area contributed by atoms with E-state index in [-0.39, 0.29) is 18.1 Å². The summed E-state index contributed by atoms with van der Waals surface area (Å²) in [5, 5.41) is 9.23. The van der Waals surface area contributed by atoms with Crippen LogP contribution in [0.3, 0.4) is 0 Å². The molecule has 2 aliphatic heterocycles. The molecule has 2 aromatic heterocycles. The van der Waals surface area contributed by atoms with Crippen LogP contribution in [-0.2, 0) is 4.79 Å². The summed E-state index contributed by atoms with van der Waals surface area (Å²) in [6.45, 7) is 8.47. The molecule has 2 aliphatic rings. The fraction of sp³-hybridized carbons (Fsp3) is 0.478. The second-order valence-electron chi connectivity index (χ2n) is 8.65. The van der Waals surface area contributed by atoms with Crippen molar-refractivity contribution in [1.82, 2.24) is 19.2 Å². The standard InChI is InChI=1S/C23H29N5O3S2/c1-16(2)6-8-28-22(31)18(33-23(28)32)15-17-20(26-11-9-25(10-12-26)13-14-29)24-19-5-3-4-7-27(19)21(17)30/h3-5,7,15-16,29H,6,8-14H2,1-2H3/b18-15+. The van der Waals surface area contributed by atoms with Gasteiger partial charge in [-0.3, -0.25) is 23.8 Å². The molecule has 10 heteroatoms. The molecule has 1 N–H and O–H groups in total.